The molecule has 0 saturated carbocycles. The molecule has 0 radical (unpaired) electrons. The molecule has 6 heteroatoms. The average molecular weight is 403 g/mol. The van der Waals surface area contributed by atoms with Crippen LogP contribution in [0.2, 0.25) is 0 Å². The van der Waals surface area contributed by atoms with Crippen LogP contribution in [0.15, 0.2) is 0 Å². The lowest BCUT2D eigenvalue weighted by Crippen LogP contribution is -2.32. The van der Waals surface area contributed by atoms with E-state index in [1.54, 1.807) is 0 Å². The molecule has 5 nitrogen and oxygen atoms in total. The van der Waals surface area contributed by atoms with E-state index >= 15 is 0 Å². The number of rotatable bonds is 3. The molecule has 2 rings (SSSR count). The Morgan fingerprint density at radius 1 is 1.29 bits per heavy atom. The van der Waals surface area contributed by atoms with Crippen LogP contribution in [-0.2, 0) is 6.42 Å². The Balaban J connectivity index is 2.35. The maximum absolute atomic E-state index is 6.13. The van der Waals surface area contributed by atoms with E-state index in [1.807, 2.05) is 0 Å². The van der Waals surface area contributed by atoms with E-state index in [1.165, 1.54) is 6.42 Å². The Hall–Kier alpha value is -0.470. The summed E-state index contributed by atoms with van der Waals surface area (Å²) in [5, 5.41) is 0. The molecule has 1 aliphatic rings. The highest BCUT2D eigenvalue weighted by Gasteiger charge is 2.26. The number of nitrogens with zero attached hydrogens (tertiary/aromatic N) is 4. The first-order valence-electron chi connectivity index (χ1n) is 7.59. The van der Waals surface area contributed by atoms with Gasteiger partial charge < -0.3 is 10.6 Å². The normalized spacial score (nSPS) is 21.7. The molecule has 1 aromatic heterocycles. The topological polar surface area (TPSA) is 58.3 Å². The van der Waals surface area contributed by atoms with Crippen molar-refractivity contribution < 1.29 is 0 Å². The van der Waals surface area contributed by atoms with E-state index in [-0.39, 0.29) is 6.04 Å². The highest BCUT2D eigenvalue weighted by molar-refractivity contribution is 14.1. The van der Waals surface area contributed by atoms with Gasteiger partial charge in [-0.05, 0) is 68.5 Å². The van der Waals surface area contributed by atoms with E-state index in [4.69, 9.17) is 10.7 Å². The summed E-state index contributed by atoms with van der Waals surface area (Å²) in [5.74, 6) is 2.06. The van der Waals surface area contributed by atoms with Crippen LogP contribution in [0, 0.1) is 9.49 Å². The zero-order valence-corrected chi connectivity index (χ0v) is 15.6. The number of aromatic nitrogens is 2. The van der Waals surface area contributed by atoms with Crippen molar-refractivity contribution in [3.8, 4) is 0 Å². The maximum Gasteiger partial charge on any atom is 0.149 e. The Morgan fingerprint density at radius 2 is 2.00 bits per heavy atom. The summed E-state index contributed by atoms with van der Waals surface area (Å²) in [6.45, 7) is 7.57. The second-order valence-electron chi connectivity index (χ2n) is 6.44. The predicted molar refractivity (Wildman–Crippen MR) is 95.2 cm³/mol. The van der Waals surface area contributed by atoms with Gasteiger partial charge in [0.15, 0.2) is 0 Å². The highest BCUT2D eigenvalue weighted by atomic mass is 127. The quantitative estimate of drug-likeness (QED) is 0.785. The van der Waals surface area contributed by atoms with Gasteiger partial charge in [-0.15, -0.1) is 0 Å². The number of hydrogen-bond donors (Lipinski definition) is 1. The largest absolute Gasteiger partial charge is 0.383 e. The third-order valence-corrected chi connectivity index (χ3v) is 5.10. The molecule has 1 aromatic rings. The first-order valence-corrected chi connectivity index (χ1v) is 8.67. The Kier molecular flexibility index (Phi) is 5.79. The predicted octanol–water partition coefficient (Wildman–Crippen LogP) is 2.17. The molecule has 0 bridgehead atoms. The van der Waals surface area contributed by atoms with Crippen LogP contribution in [0.4, 0.5) is 5.82 Å². The zero-order valence-electron chi connectivity index (χ0n) is 13.4. The van der Waals surface area contributed by atoms with Gasteiger partial charge in [0.2, 0.25) is 0 Å². The van der Waals surface area contributed by atoms with Crippen LogP contribution in [-0.4, -0.2) is 53.5 Å². The molecule has 0 aromatic carbocycles. The first kappa shape index (κ1) is 16.9. The minimum atomic E-state index is 0.225. The van der Waals surface area contributed by atoms with Crippen molar-refractivity contribution in [2.45, 2.75) is 32.7 Å². The van der Waals surface area contributed by atoms with Crippen molar-refractivity contribution in [2.24, 2.45) is 5.92 Å². The Morgan fingerprint density at radius 3 is 2.67 bits per heavy atom. The summed E-state index contributed by atoms with van der Waals surface area (Å²) in [4.78, 5) is 14.1. The van der Waals surface area contributed by atoms with Crippen molar-refractivity contribution in [3.05, 3.63) is 15.1 Å². The number of halogens is 1. The lowest BCUT2D eigenvalue weighted by atomic mass is 10.1. The highest BCUT2D eigenvalue weighted by Crippen LogP contribution is 2.25. The second-order valence-corrected chi connectivity index (χ2v) is 7.52. The summed E-state index contributed by atoms with van der Waals surface area (Å²) in [7, 11) is 4.32. The summed E-state index contributed by atoms with van der Waals surface area (Å²) >= 11 is 2.27. The minimum Gasteiger partial charge on any atom is -0.383 e. The Bertz CT molecular complexity index is 491. The van der Waals surface area contributed by atoms with Crippen LogP contribution >= 0.6 is 22.6 Å². The smallest absolute Gasteiger partial charge is 0.149 e. The van der Waals surface area contributed by atoms with E-state index in [0.717, 1.165) is 41.1 Å². The van der Waals surface area contributed by atoms with Gasteiger partial charge in [0.1, 0.15) is 11.6 Å². The minimum absolute atomic E-state index is 0.225. The number of nitrogen functional groups attached to an aromatic ring is 1. The van der Waals surface area contributed by atoms with E-state index < -0.39 is 0 Å². The lowest BCUT2D eigenvalue weighted by molar-refractivity contribution is 0.219. The number of anilines is 1. The lowest BCUT2D eigenvalue weighted by Gasteiger charge is -2.27. The SMILES string of the molecule is CC(C)Cc1nc(C2CN(C)CCCN2C)nc(N)c1I. The van der Waals surface area contributed by atoms with Gasteiger partial charge in [-0.2, -0.15) is 0 Å². The van der Waals surface area contributed by atoms with Gasteiger partial charge in [0.25, 0.3) is 0 Å². The van der Waals surface area contributed by atoms with Crippen molar-refractivity contribution in [3.63, 3.8) is 0 Å². The van der Waals surface area contributed by atoms with E-state index in [9.17, 15) is 0 Å². The molecule has 21 heavy (non-hydrogen) atoms. The molecule has 1 unspecified atom stereocenters. The number of hydrogen-bond acceptors (Lipinski definition) is 5. The molecule has 1 saturated heterocycles. The molecule has 2 N–H and O–H groups in total. The Labute approximate surface area is 141 Å². The molecule has 1 fully saturated rings. The molecular weight excluding hydrogens is 377 g/mol. The molecule has 0 aliphatic carbocycles. The van der Waals surface area contributed by atoms with Crippen molar-refractivity contribution in [1.82, 2.24) is 19.8 Å². The zero-order chi connectivity index (χ0) is 15.6. The molecule has 0 amide bonds. The van der Waals surface area contributed by atoms with Crippen LogP contribution in [0.3, 0.4) is 0 Å². The van der Waals surface area contributed by atoms with Crippen LogP contribution < -0.4 is 5.73 Å². The van der Waals surface area contributed by atoms with E-state index in [0.29, 0.717) is 11.7 Å². The average Bonchev–Trinajstić information content (AvgIpc) is 2.56. The van der Waals surface area contributed by atoms with Crippen LogP contribution in [0.25, 0.3) is 0 Å². The van der Waals surface area contributed by atoms with Gasteiger partial charge in [-0.25, -0.2) is 9.97 Å². The van der Waals surface area contributed by atoms with Gasteiger partial charge >= 0.3 is 0 Å². The van der Waals surface area contributed by atoms with Crippen LogP contribution in [0.5, 0.6) is 0 Å². The number of nitrogens with two attached hydrogens (primary N) is 1. The van der Waals surface area contributed by atoms with E-state index in [2.05, 4.69) is 65.3 Å². The second kappa shape index (κ2) is 7.19. The molecule has 1 aliphatic heterocycles. The fraction of sp³-hybridized carbons (Fsp3) is 0.733. The van der Waals surface area contributed by atoms with Gasteiger partial charge in [-0.3, -0.25) is 4.90 Å². The molecule has 1 atom stereocenters. The monoisotopic (exact) mass is 403 g/mol. The van der Waals surface area contributed by atoms with Crippen molar-refractivity contribution in [1.29, 1.82) is 0 Å². The molecule has 2 heterocycles. The van der Waals surface area contributed by atoms with Gasteiger partial charge in [-0.1, -0.05) is 13.8 Å². The van der Waals surface area contributed by atoms with Crippen LogP contribution in [0.1, 0.15) is 37.8 Å². The molecule has 118 valence electrons. The third kappa shape index (κ3) is 4.26. The van der Waals surface area contributed by atoms with Gasteiger partial charge in [0, 0.05) is 6.54 Å². The molecule has 0 spiro atoms. The standard InChI is InChI=1S/C15H26IN5/c1-10(2)8-11-13(16)14(17)19-15(18-11)12-9-20(3)6-5-7-21(12)4/h10,12H,5-9H2,1-4H3,(H2,17,18,19). The number of likely N-dealkylation sites (N-methyl/N-ethyl adjacent to an activating group) is 2. The summed E-state index contributed by atoms with van der Waals surface area (Å²) < 4.78 is 1.01. The fourth-order valence-corrected chi connectivity index (χ4v) is 3.22. The summed E-state index contributed by atoms with van der Waals surface area (Å²) in [6, 6.07) is 0.225. The van der Waals surface area contributed by atoms with Crippen molar-refractivity contribution in [2.75, 3.05) is 39.5 Å². The van der Waals surface area contributed by atoms with Crippen molar-refractivity contribution >= 4 is 28.4 Å². The summed E-state index contributed by atoms with van der Waals surface area (Å²) in [5.41, 5.74) is 7.22. The molecular formula is C15H26IN5. The first-order chi connectivity index (χ1) is 9.88. The van der Waals surface area contributed by atoms with Gasteiger partial charge in [0.05, 0.1) is 15.3 Å². The fourth-order valence-electron chi connectivity index (χ4n) is 2.75. The third-order valence-electron chi connectivity index (χ3n) is 3.93. The summed E-state index contributed by atoms with van der Waals surface area (Å²) in [6.07, 6.45) is 2.13. The maximum atomic E-state index is 6.13.